The van der Waals surface area contributed by atoms with Crippen LogP contribution in [0.5, 0.6) is 0 Å². The number of aromatic nitrogens is 4. The lowest BCUT2D eigenvalue weighted by Gasteiger charge is -2.27. The summed E-state index contributed by atoms with van der Waals surface area (Å²) in [5, 5.41) is 5.14. The molecule has 0 N–H and O–H groups in total. The molecule has 0 spiro atoms. The number of carbonyl (C=O) groups excluding carboxylic acids is 1. The summed E-state index contributed by atoms with van der Waals surface area (Å²) in [5.41, 5.74) is 1.89. The van der Waals surface area contributed by atoms with Gasteiger partial charge in [-0.15, -0.1) is 5.10 Å². The van der Waals surface area contributed by atoms with E-state index >= 15 is 0 Å². The van der Waals surface area contributed by atoms with Crippen molar-refractivity contribution >= 4 is 29.2 Å². The molecule has 35 heavy (non-hydrogen) atoms. The van der Waals surface area contributed by atoms with Gasteiger partial charge in [0.25, 0.3) is 5.91 Å². The Kier molecular flexibility index (Phi) is 5.81. The summed E-state index contributed by atoms with van der Waals surface area (Å²) in [6.07, 6.45) is 7.08. The number of fused-ring (bicyclic) bond motifs is 3. The second kappa shape index (κ2) is 9.12. The van der Waals surface area contributed by atoms with E-state index in [0.717, 1.165) is 43.7 Å². The molecule has 3 aliphatic rings. The maximum absolute atomic E-state index is 13.7. The van der Waals surface area contributed by atoms with Crippen molar-refractivity contribution in [1.29, 1.82) is 0 Å². The van der Waals surface area contributed by atoms with Gasteiger partial charge in [0.1, 0.15) is 11.4 Å². The van der Waals surface area contributed by atoms with Crippen molar-refractivity contribution in [2.24, 2.45) is 0 Å². The van der Waals surface area contributed by atoms with E-state index in [4.69, 9.17) is 14.1 Å². The minimum atomic E-state index is -0.472. The van der Waals surface area contributed by atoms with Gasteiger partial charge in [-0.3, -0.25) is 4.79 Å². The van der Waals surface area contributed by atoms with Crippen LogP contribution in [0.1, 0.15) is 42.1 Å². The highest BCUT2D eigenvalue weighted by Crippen LogP contribution is 2.35. The van der Waals surface area contributed by atoms with Crippen LogP contribution in [0.3, 0.4) is 0 Å². The minimum Gasteiger partial charge on any atom is -0.388 e. The van der Waals surface area contributed by atoms with Gasteiger partial charge in [0.2, 0.25) is 5.89 Å². The Morgan fingerprint density at radius 2 is 1.97 bits per heavy atom. The number of anilines is 2. The molecule has 0 saturated carbocycles. The molecule has 1 amide bonds. The molecular formula is C24H26N6O4S. The number of amides is 1. The van der Waals surface area contributed by atoms with E-state index in [0.29, 0.717) is 36.0 Å². The van der Waals surface area contributed by atoms with E-state index in [1.54, 1.807) is 11.1 Å². The summed E-state index contributed by atoms with van der Waals surface area (Å²) in [4.78, 5) is 39.3. The van der Waals surface area contributed by atoms with Crippen LogP contribution in [0.4, 0.5) is 11.5 Å². The molecule has 1 atom stereocenters. The molecule has 3 aromatic rings. The van der Waals surface area contributed by atoms with Crippen molar-refractivity contribution in [2.45, 2.75) is 42.9 Å². The van der Waals surface area contributed by atoms with Crippen LogP contribution in [0.25, 0.3) is 11.5 Å². The average Bonchev–Trinajstić information content (AvgIpc) is 3.51. The second-order valence-corrected chi connectivity index (χ2v) is 9.78. The third-order valence-electron chi connectivity index (χ3n) is 6.96. The first kappa shape index (κ1) is 22.3. The molecular weight excluding hydrogens is 468 g/mol. The summed E-state index contributed by atoms with van der Waals surface area (Å²) in [7, 11) is 0. The van der Waals surface area contributed by atoms with Gasteiger partial charge in [0, 0.05) is 49.8 Å². The fourth-order valence-corrected chi connectivity index (χ4v) is 5.50. The molecule has 1 aromatic carbocycles. The van der Waals surface area contributed by atoms with Crippen molar-refractivity contribution in [3.63, 3.8) is 0 Å². The Morgan fingerprint density at radius 3 is 2.80 bits per heavy atom. The molecule has 2 saturated heterocycles. The van der Waals surface area contributed by atoms with Crippen LogP contribution >= 0.6 is 11.8 Å². The number of benzene rings is 1. The first-order chi connectivity index (χ1) is 17.1. The SMILES string of the molecule is CSc1ncc2c(n1)N1CCCC1CN(c1cccc(-c3nn(C4CCOCC4)c(=O)o3)c1)C2=O. The normalized spacial score (nSPS) is 20.6. The Morgan fingerprint density at radius 1 is 1.11 bits per heavy atom. The minimum absolute atomic E-state index is 0.0276. The standard InChI is InChI=1S/C24H26N6O4S/c1-35-23-25-13-19-20(26-23)28-9-3-6-18(28)14-29(22(19)31)17-5-2-4-15(12-17)21-27-30(24(32)34-21)16-7-10-33-11-8-16/h2,4-5,12-13,16,18H,3,6-11,14H2,1H3. The number of carbonyl (C=O) groups is 1. The molecule has 11 heteroatoms. The molecule has 5 heterocycles. The van der Waals surface area contributed by atoms with Crippen molar-refractivity contribution in [3.05, 3.63) is 46.6 Å². The highest BCUT2D eigenvalue weighted by molar-refractivity contribution is 7.98. The summed E-state index contributed by atoms with van der Waals surface area (Å²) in [5.74, 6) is 0.368. The predicted molar refractivity (Wildman–Crippen MR) is 131 cm³/mol. The van der Waals surface area contributed by atoms with Gasteiger partial charge in [-0.1, -0.05) is 17.8 Å². The molecule has 1 unspecified atom stereocenters. The summed E-state index contributed by atoms with van der Waals surface area (Å²) < 4.78 is 12.3. The van der Waals surface area contributed by atoms with Crippen molar-refractivity contribution in [2.75, 3.05) is 42.4 Å². The van der Waals surface area contributed by atoms with Gasteiger partial charge in [-0.25, -0.2) is 14.8 Å². The van der Waals surface area contributed by atoms with Crippen LogP contribution in [-0.4, -0.2) is 64.3 Å². The lowest BCUT2D eigenvalue weighted by atomic mass is 10.1. The highest BCUT2D eigenvalue weighted by atomic mass is 32.2. The number of ether oxygens (including phenoxy) is 1. The van der Waals surface area contributed by atoms with E-state index in [2.05, 4.69) is 15.0 Å². The third-order valence-corrected chi connectivity index (χ3v) is 7.52. The summed E-state index contributed by atoms with van der Waals surface area (Å²) in [6, 6.07) is 7.61. The van der Waals surface area contributed by atoms with Crippen molar-refractivity contribution in [3.8, 4) is 11.5 Å². The maximum atomic E-state index is 13.7. The first-order valence-electron chi connectivity index (χ1n) is 11.9. The average molecular weight is 495 g/mol. The number of thioether (sulfide) groups is 1. The number of hydrogen-bond donors (Lipinski definition) is 0. The quantitative estimate of drug-likeness (QED) is 0.400. The highest BCUT2D eigenvalue weighted by Gasteiger charge is 2.37. The Bertz CT molecular complexity index is 1320. The van der Waals surface area contributed by atoms with Gasteiger partial charge in [0.15, 0.2) is 5.16 Å². The van der Waals surface area contributed by atoms with Crippen LogP contribution in [0, 0.1) is 0 Å². The lowest BCUT2D eigenvalue weighted by Crippen LogP contribution is -2.39. The zero-order valence-corrected chi connectivity index (χ0v) is 20.2. The zero-order valence-electron chi connectivity index (χ0n) is 19.4. The largest absolute Gasteiger partial charge is 0.437 e. The zero-order chi connectivity index (χ0) is 23.9. The molecule has 6 rings (SSSR count). The topological polar surface area (TPSA) is 107 Å². The Labute approximate surface area is 206 Å². The number of hydrogen-bond acceptors (Lipinski definition) is 9. The molecule has 3 aliphatic heterocycles. The van der Waals surface area contributed by atoms with Crippen molar-refractivity contribution in [1.82, 2.24) is 19.7 Å². The predicted octanol–water partition coefficient (Wildman–Crippen LogP) is 3.00. The third kappa shape index (κ3) is 4.02. The molecule has 2 fully saturated rings. The van der Waals surface area contributed by atoms with Gasteiger partial charge in [-0.05, 0) is 50.1 Å². The van der Waals surface area contributed by atoms with E-state index in [9.17, 15) is 9.59 Å². The van der Waals surface area contributed by atoms with E-state index in [-0.39, 0.29) is 23.9 Å². The number of nitrogens with zero attached hydrogens (tertiary/aromatic N) is 6. The summed E-state index contributed by atoms with van der Waals surface area (Å²) in [6.45, 7) is 2.63. The maximum Gasteiger partial charge on any atom is 0.437 e. The molecule has 0 bridgehead atoms. The van der Waals surface area contributed by atoms with Gasteiger partial charge >= 0.3 is 5.76 Å². The van der Waals surface area contributed by atoms with Gasteiger partial charge in [0.05, 0.1) is 6.04 Å². The Hall–Kier alpha value is -3.18. The molecule has 0 radical (unpaired) electrons. The smallest absolute Gasteiger partial charge is 0.388 e. The fraction of sp³-hybridized carbons (Fsp3) is 0.458. The molecule has 2 aromatic heterocycles. The lowest BCUT2D eigenvalue weighted by molar-refractivity contribution is 0.0644. The van der Waals surface area contributed by atoms with Crippen LogP contribution in [0.15, 0.2) is 44.8 Å². The van der Waals surface area contributed by atoms with Crippen LogP contribution < -0.4 is 15.6 Å². The summed E-state index contributed by atoms with van der Waals surface area (Å²) >= 11 is 1.47. The van der Waals surface area contributed by atoms with Crippen molar-refractivity contribution < 1.29 is 13.9 Å². The van der Waals surface area contributed by atoms with Gasteiger partial charge < -0.3 is 19.0 Å². The Balaban J connectivity index is 1.36. The second-order valence-electron chi connectivity index (χ2n) is 9.01. The van der Waals surface area contributed by atoms with Crippen LogP contribution in [-0.2, 0) is 4.74 Å². The molecule has 10 nitrogen and oxygen atoms in total. The monoisotopic (exact) mass is 494 g/mol. The molecule has 0 aliphatic carbocycles. The number of rotatable bonds is 4. The van der Waals surface area contributed by atoms with E-state index in [1.807, 2.05) is 30.5 Å². The molecule has 182 valence electrons. The first-order valence-corrected chi connectivity index (χ1v) is 13.1. The van der Waals surface area contributed by atoms with E-state index in [1.165, 1.54) is 16.4 Å². The fourth-order valence-electron chi connectivity index (χ4n) is 5.16. The van der Waals surface area contributed by atoms with Crippen LogP contribution in [0.2, 0.25) is 0 Å². The van der Waals surface area contributed by atoms with E-state index < -0.39 is 5.76 Å². The van der Waals surface area contributed by atoms with Gasteiger partial charge in [-0.2, -0.15) is 4.68 Å².